The molecule has 9 heteroatoms. The van der Waals surface area contributed by atoms with Gasteiger partial charge in [0.05, 0.1) is 11.9 Å². The minimum Gasteiger partial charge on any atom is -0.351 e. The Hall–Kier alpha value is -2.52. The van der Waals surface area contributed by atoms with Crippen molar-refractivity contribution in [2.45, 2.75) is 0 Å². The number of carbonyl (C=O) groups is 1. The van der Waals surface area contributed by atoms with Crippen molar-refractivity contribution in [1.82, 2.24) is 19.4 Å². The molecule has 0 aliphatic heterocycles. The Morgan fingerprint density at radius 3 is 2.64 bits per heavy atom. The smallest absolute Gasteiger partial charge is 0.266 e. The fourth-order valence-corrected chi connectivity index (χ4v) is 2.49. The van der Waals surface area contributed by atoms with E-state index in [1.54, 1.807) is 37.4 Å². The van der Waals surface area contributed by atoms with Gasteiger partial charge in [-0.05, 0) is 18.2 Å². The molecule has 1 heterocycles. The molecule has 0 atom stereocenters. The number of benzene rings is 1. The fraction of sp³-hybridized carbons (Fsp3) is 0.312. The second kappa shape index (κ2) is 7.58. The average Bonchev–Trinajstić information content (AvgIpc) is 2.56. The van der Waals surface area contributed by atoms with Gasteiger partial charge in [0.25, 0.3) is 11.5 Å². The van der Waals surface area contributed by atoms with Crippen molar-refractivity contribution in [3.8, 4) is 11.3 Å². The summed E-state index contributed by atoms with van der Waals surface area (Å²) in [5.74, 6) is -0.312. The minimum absolute atomic E-state index is 0.187. The highest BCUT2D eigenvalue weighted by atomic mass is 32.2. The summed E-state index contributed by atoms with van der Waals surface area (Å²) in [4.78, 5) is 23.6. The average molecular weight is 364 g/mol. The van der Waals surface area contributed by atoms with Crippen molar-refractivity contribution in [2.24, 2.45) is 7.05 Å². The van der Waals surface area contributed by atoms with E-state index >= 15 is 0 Å². The molecular formula is C16H20N4O4S. The molecule has 1 aromatic carbocycles. The Morgan fingerprint density at radius 2 is 2.00 bits per heavy atom. The standard InChI is InChI=1S/C16H20N4O4S/c1-19(25(3,23)24)10-9-17-16(22)13-6-4-5-12(11-13)14-7-8-15(21)20(2)18-14/h4-8,11H,9-10H2,1-3H3,(H,17,22). The lowest BCUT2D eigenvalue weighted by Crippen LogP contribution is -2.35. The Bertz CT molecular complexity index is 937. The molecular weight excluding hydrogens is 344 g/mol. The van der Waals surface area contributed by atoms with Crippen molar-refractivity contribution in [3.63, 3.8) is 0 Å². The SMILES string of the molecule is CN(CCNC(=O)c1cccc(-c2ccc(=O)n(C)n2)c1)S(C)(=O)=O. The van der Waals surface area contributed by atoms with Crippen LogP contribution in [0.5, 0.6) is 0 Å². The Kier molecular flexibility index (Phi) is 5.70. The van der Waals surface area contributed by atoms with E-state index in [-0.39, 0.29) is 24.6 Å². The third kappa shape index (κ3) is 4.97. The zero-order valence-corrected chi connectivity index (χ0v) is 15.1. The topological polar surface area (TPSA) is 101 Å². The highest BCUT2D eigenvalue weighted by Crippen LogP contribution is 2.17. The Balaban J connectivity index is 2.09. The molecule has 0 unspecified atom stereocenters. The lowest BCUT2D eigenvalue weighted by atomic mass is 10.1. The van der Waals surface area contributed by atoms with Crippen LogP contribution >= 0.6 is 0 Å². The van der Waals surface area contributed by atoms with Gasteiger partial charge in [-0.1, -0.05) is 12.1 Å². The molecule has 8 nitrogen and oxygen atoms in total. The highest BCUT2D eigenvalue weighted by molar-refractivity contribution is 7.88. The van der Waals surface area contributed by atoms with Crippen LogP contribution in [0.1, 0.15) is 10.4 Å². The van der Waals surface area contributed by atoms with Crippen molar-refractivity contribution in [1.29, 1.82) is 0 Å². The monoisotopic (exact) mass is 364 g/mol. The van der Waals surface area contributed by atoms with Gasteiger partial charge in [-0.15, -0.1) is 0 Å². The van der Waals surface area contributed by atoms with E-state index in [0.717, 1.165) is 10.6 Å². The molecule has 0 radical (unpaired) electrons. The van der Waals surface area contributed by atoms with Gasteiger partial charge in [0.1, 0.15) is 0 Å². The number of amides is 1. The third-order valence-corrected chi connectivity index (χ3v) is 4.97. The molecule has 2 rings (SSSR count). The molecule has 0 saturated heterocycles. The highest BCUT2D eigenvalue weighted by Gasteiger charge is 2.12. The molecule has 25 heavy (non-hydrogen) atoms. The lowest BCUT2D eigenvalue weighted by molar-refractivity contribution is 0.0952. The van der Waals surface area contributed by atoms with Crippen molar-refractivity contribution < 1.29 is 13.2 Å². The quantitative estimate of drug-likeness (QED) is 0.782. The minimum atomic E-state index is -3.27. The van der Waals surface area contributed by atoms with Crippen LogP contribution in [0.3, 0.4) is 0 Å². The van der Waals surface area contributed by atoms with Crippen LogP contribution < -0.4 is 10.9 Å². The van der Waals surface area contributed by atoms with E-state index in [4.69, 9.17) is 0 Å². The number of rotatable bonds is 6. The molecule has 0 fully saturated rings. The van der Waals surface area contributed by atoms with Gasteiger partial charge in [-0.2, -0.15) is 5.10 Å². The maximum absolute atomic E-state index is 12.2. The molecule has 1 amide bonds. The van der Waals surface area contributed by atoms with Crippen LogP contribution in [0.4, 0.5) is 0 Å². The first-order valence-electron chi connectivity index (χ1n) is 7.53. The van der Waals surface area contributed by atoms with Gasteiger partial charge in [0.2, 0.25) is 10.0 Å². The van der Waals surface area contributed by atoms with E-state index < -0.39 is 10.0 Å². The molecule has 0 spiro atoms. The number of carbonyl (C=O) groups excluding carboxylic acids is 1. The van der Waals surface area contributed by atoms with Crippen LogP contribution in [-0.2, 0) is 17.1 Å². The number of hydrogen-bond donors (Lipinski definition) is 1. The summed E-state index contributed by atoms with van der Waals surface area (Å²) in [7, 11) is -0.262. The van der Waals surface area contributed by atoms with Crippen LogP contribution in [0.25, 0.3) is 11.3 Å². The summed E-state index contributed by atoms with van der Waals surface area (Å²) in [5, 5.41) is 6.84. The number of aryl methyl sites for hydroxylation is 1. The summed E-state index contributed by atoms with van der Waals surface area (Å²) in [6.45, 7) is 0.386. The van der Waals surface area contributed by atoms with Crippen molar-refractivity contribution in [3.05, 3.63) is 52.3 Å². The van der Waals surface area contributed by atoms with Crippen LogP contribution in [0.2, 0.25) is 0 Å². The Morgan fingerprint density at radius 1 is 1.28 bits per heavy atom. The summed E-state index contributed by atoms with van der Waals surface area (Å²) in [6.07, 6.45) is 1.11. The van der Waals surface area contributed by atoms with Crippen molar-refractivity contribution >= 4 is 15.9 Å². The molecule has 0 aliphatic rings. The number of sulfonamides is 1. The number of nitrogens with zero attached hydrogens (tertiary/aromatic N) is 3. The molecule has 2 aromatic rings. The predicted molar refractivity (Wildman–Crippen MR) is 94.7 cm³/mol. The second-order valence-electron chi connectivity index (χ2n) is 5.60. The first kappa shape index (κ1) is 18.8. The third-order valence-electron chi connectivity index (χ3n) is 3.66. The van der Waals surface area contributed by atoms with Crippen LogP contribution in [0, 0.1) is 0 Å². The molecule has 1 aromatic heterocycles. The zero-order chi connectivity index (χ0) is 18.6. The number of hydrogen-bond acceptors (Lipinski definition) is 5. The molecule has 0 bridgehead atoms. The maximum Gasteiger partial charge on any atom is 0.266 e. The first-order valence-corrected chi connectivity index (χ1v) is 9.37. The van der Waals surface area contributed by atoms with E-state index in [1.165, 1.54) is 17.8 Å². The maximum atomic E-state index is 12.2. The Labute approximate surface area is 146 Å². The summed E-state index contributed by atoms with van der Waals surface area (Å²) in [6, 6.07) is 9.85. The van der Waals surface area contributed by atoms with Gasteiger partial charge in [-0.3, -0.25) is 9.59 Å². The van der Waals surface area contributed by atoms with E-state index in [1.807, 2.05) is 0 Å². The van der Waals surface area contributed by atoms with Gasteiger partial charge >= 0.3 is 0 Å². The molecule has 0 saturated carbocycles. The largest absolute Gasteiger partial charge is 0.351 e. The van der Waals surface area contributed by atoms with E-state index in [0.29, 0.717) is 16.8 Å². The van der Waals surface area contributed by atoms with E-state index in [2.05, 4.69) is 10.4 Å². The van der Waals surface area contributed by atoms with Gasteiger partial charge in [-0.25, -0.2) is 17.4 Å². The van der Waals surface area contributed by atoms with Gasteiger partial charge < -0.3 is 5.32 Å². The summed E-state index contributed by atoms with van der Waals surface area (Å²) >= 11 is 0. The normalized spacial score (nSPS) is 11.5. The van der Waals surface area contributed by atoms with Crippen LogP contribution in [-0.4, -0.2) is 54.8 Å². The lowest BCUT2D eigenvalue weighted by Gasteiger charge is -2.14. The first-order chi connectivity index (χ1) is 11.7. The van der Waals surface area contributed by atoms with Crippen molar-refractivity contribution in [2.75, 3.05) is 26.4 Å². The van der Waals surface area contributed by atoms with Gasteiger partial charge in [0, 0.05) is 44.4 Å². The summed E-state index contributed by atoms with van der Waals surface area (Å²) in [5.41, 5.74) is 1.49. The zero-order valence-electron chi connectivity index (χ0n) is 14.3. The van der Waals surface area contributed by atoms with Crippen LogP contribution in [0.15, 0.2) is 41.2 Å². The second-order valence-corrected chi connectivity index (χ2v) is 7.69. The summed E-state index contributed by atoms with van der Waals surface area (Å²) < 4.78 is 25.0. The number of nitrogens with one attached hydrogen (secondary N) is 1. The number of aromatic nitrogens is 2. The fourth-order valence-electron chi connectivity index (χ4n) is 2.07. The molecule has 134 valence electrons. The van der Waals surface area contributed by atoms with Gasteiger partial charge in [0.15, 0.2) is 0 Å². The molecule has 0 aliphatic carbocycles. The van der Waals surface area contributed by atoms with E-state index in [9.17, 15) is 18.0 Å². The number of likely N-dealkylation sites (N-methyl/N-ethyl adjacent to an activating group) is 1. The predicted octanol–water partition coefficient (Wildman–Crippen LogP) is 0.0685. The molecule has 1 N–H and O–H groups in total.